The summed E-state index contributed by atoms with van der Waals surface area (Å²) in [5.74, 6) is -2.17. The summed E-state index contributed by atoms with van der Waals surface area (Å²) in [5.41, 5.74) is 0.492. The van der Waals surface area contributed by atoms with Crippen molar-refractivity contribution in [2.24, 2.45) is 5.92 Å². The fourth-order valence-corrected chi connectivity index (χ4v) is 2.29. The van der Waals surface area contributed by atoms with Crippen molar-refractivity contribution >= 4 is 11.9 Å². The zero-order chi connectivity index (χ0) is 15.2. The van der Waals surface area contributed by atoms with Gasteiger partial charge in [-0.25, -0.2) is 4.39 Å². The van der Waals surface area contributed by atoms with Gasteiger partial charge in [-0.2, -0.15) is 0 Å². The number of hydrogen-bond acceptors (Lipinski definition) is 3. The molecule has 0 saturated carbocycles. The Bertz CT molecular complexity index is 520. The van der Waals surface area contributed by atoms with E-state index in [1.54, 1.807) is 18.2 Å². The van der Waals surface area contributed by atoms with Gasteiger partial charge in [-0.1, -0.05) is 18.2 Å². The molecule has 1 aliphatic rings. The first-order valence-corrected chi connectivity index (χ1v) is 6.89. The lowest BCUT2D eigenvalue weighted by Gasteiger charge is -2.21. The lowest BCUT2D eigenvalue weighted by Crippen LogP contribution is -2.38. The molecule has 114 valence electrons. The predicted octanol–water partition coefficient (Wildman–Crippen LogP) is 1.32. The molecule has 0 aromatic heterocycles. The monoisotopic (exact) mass is 295 g/mol. The van der Waals surface area contributed by atoms with E-state index >= 15 is 0 Å². The second kappa shape index (κ2) is 7.17. The Balaban J connectivity index is 1.93. The predicted molar refractivity (Wildman–Crippen MR) is 73.2 cm³/mol. The number of nitrogens with zero attached hydrogens (tertiary/aromatic N) is 1. The summed E-state index contributed by atoms with van der Waals surface area (Å²) in [6, 6.07) is 6.33. The zero-order valence-electron chi connectivity index (χ0n) is 11.6. The number of carbonyl (C=O) groups is 2. The van der Waals surface area contributed by atoms with Crippen LogP contribution >= 0.6 is 0 Å². The van der Waals surface area contributed by atoms with Crippen LogP contribution in [0.15, 0.2) is 24.3 Å². The topological polar surface area (TPSA) is 66.8 Å². The molecule has 0 bridgehead atoms. The molecule has 21 heavy (non-hydrogen) atoms. The van der Waals surface area contributed by atoms with Gasteiger partial charge >= 0.3 is 5.97 Å². The minimum Gasteiger partial charge on any atom is -0.481 e. The number of carboxylic acid groups (broad SMARTS) is 1. The van der Waals surface area contributed by atoms with Crippen LogP contribution in [0.2, 0.25) is 0 Å². The number of rotatable bonds is 4. The summed E-state index contributed by atoms with van der Waals surface area (Å²) in [5, 5.41) is 9.04. The quantitative estimate of drug-likeness (QED) is 0.909. The molecule has 1 fully saturated rings. The lowest BCUT2D eigenvalue weighted by molar-refractivity contribution is -0.144. The number of aliphatic carboxylic acids is 1. The minimum absolute atomic E-state index is 0.117. The van der Waals surface area contributed by atoms with Crippen molar-refractivity contribution in [2.45, 2.75) is 12.8 Å². The number of halogens is 1. The first kappa shape index (κ1) is 15.4. The van der Waals surface area contributed by atoms with Gasteiger partial charge in [-0.3, -0.25) is 9.59 Å². The Labute approximate surface area is 122 Å². The molecule has 1 atom stereocenters. The molecule has 1 N–H and O–H groups in total. The normalized spacial score (nSPS) is 19.1. The fraction of sp³-hybridized carbons (Fsp3) is 0.467. The van der Waals surface area contributed by atoms with Crippen LogP contribution in [0, 0.1) is 11.7 Å². The third-order valence-corrected chi connectivity index (χ3v) is 3.53. The van der Waals surface area contributed by atoms with Crippen LogP contribution in [-0.4, -0.2) is 48.2 Å². The number of carbonyl (C=O) groups excluding carboxylic acids is 1. The average Bonchev–Trinajstić information content (AvgIpc) is 2.72. The molecule has 1 aromatic rings. The van der Waals surface area contributed by atoms with Crippen molar-refractivity contribution in [1.82, 2.24) is 4.90 Å². The maximum absolute atomic E-state index is 13.5. The van der Waals surface area contributed by atoms with Crippen molar-refractivity contribution < 1.29 is 23.8 Å². The van der Waals surface area contributed by atoms with Crippen LogP contribution in [0.3, 0.4) is 0 Å². The van der Waals surface area contributed by atoms with Crippen LogP contribution in [0.4, 0.5) is 4.39 Å². The van der Waals surface area contributed by atoms with Crippen molar-refractivity contribution in [2.75, 3.05) is 26.3 Å². The summed E-state index contributed by atoms with van der Waals surface area (Å²) in [7, 11) is 0. The van der Waals surface area contributed by atoms with Gasteiger partial charge < -0.3 is 14.7 Å². The average molecular weight is 295 g/mol. The highest BCUT2D eigenvalue weighted by Gasteiger charge is 2.26. The Morgan fingerprint density at radius 1 is 1.38 bits per heavy atom. The van der Waals surface area contributed by atoms with Gasteiger partial charge in [-0.15, -0.1) is 0 Å². The first-order chi connectivity index (χ1) is 10.1. The summed E-state index contributed by atoms with van der Waals surface area (Å²) in [6.45, 7) is 0.965. The molecule has 1 saturated heterocycles. The molecular weight excluding hydrogens is 277 g/mol. The fourth-order valence-electron chi connectivity index (χ4n) is 2.29. The molecule has 6 heteroatoms. The third-order valence-electron chi connectivity index (χ3n) is 3.53. The van der Waals surface area contributed by atoms with Gasteiger partial charge in [0, 0.05) is 19.5 Å². The number of aryl methyl sites for hydroxylation is 1. The Kier molecular flexibility index (Phi) is 5.27. The van der Waals surface area contributed by atoms with Crippen molar-refractivity contribution in [3.63, 3.8) is 0 Å². The van der Waals surface area contributed by atoms with Crippen LogP contribution in [0.5, 0.6) is 0 Å². The van der Waals surface area contributed by atoms with Gasteiger partial charge in [0.05, 0.1) is 19.1 Å². The second-order valence-corrected chi connectivity index (χ2v) is 5.04. The standard InChI is InChI=1S/C15H18FNO4/c16-13-4-2-1-3-11(13)5-6-14(18)17-7-8-21-10-12(9-17)15(19)20/h1-4,12H,5-10H2,(H,19,20). The zero-order valence-corrected chi connectivity index (χ0v) is 11.6. The number of benzene rings is 1. The number of amides is 1. The van der Waals surface area contributed by atoms with E-state index < -0.39 is 11.9 Å². The van der Waals surface area contributed by atoms with E-state index in [9.17, 15) is 14.0 Å². The van der Waals surface area contributed by atoms with E-state index in [2.05, 4.69) is 0 Å². The molecule has 1 aliphatic heterocycles. The van der Waals surface area contributed by atoms with Crippen LogP contribution in [-0.2, 0) is 20.7 Å². The highest BCUT2D eigenvalue weighted by Crippen LogP contribution is 2.12. The summed E-state index contributed by atoms with van der Waals surface area (Å²) < 4.78 is 18.7. The van der Waals surface area contributed by atoms with Crippen molar-refractivity contribution in [1.29, 1.82) is 0 Å². The van der Waals surface area contributed by atoms with E-state index in [1.165, 1.54) is 11.0 Å². The number of hydrogen-bond donors (Lipinski definition) is 1. The van der Waals surface area contributed by atoms with Crippen LogP contribution in [0.25, 0.3) is 0 Å². The van der Waals surface area contributed by atoms with Gasteiger partial charge in [0.2, 0.25) is 5.91 Å². The highest BCUT2D eigenvalue weighted by atomic mass is 19.1. The van der Waals surface area contributed by atoms with Gasteiger partial charge in [0.1, 0.15) is 5.82 Å². The van der Waals surface area contributed by atoms with Gasteiger partial charge in [0.25, 0.3) is 0 Å². The second-order valence-electron chi connectivity index (χ2n) is 5.04. The number of ether oxygens (including phenoxy) is 1. The molecule has 1 unspecified atom stereocenters. The van der Waals surface area contributed by atoms with Crippen molar-refractivity contribution in [3.8, 4) is 0 Å². The molecule has 2 rings (SSSR count). The molecule has 1 amide bonds. The molecule has 5 nitrogen and oxygen atoms in total. The van der Waals surface area contributed by atoms with E-state index in [0.717, 1.165) is 0 Å². The lowest BCUT2D eigenvalue weighted by atomic mass is 10.1. The molecule has 0 spiro atoms. The third kappa shape index (κ3) is 4.26. The molecular formula is C15H18FNO4. The highest BCUT2D eigenvalue weighted by molar-refractivity contribution is 5.78. The maximum Gasteiger partial charge on any atom is 0.310 e. The smallest absolute Gasteiger partial charge is 0.310 e. The largest absolute Gasteiger partial charge is 0.481 e. The van der Waals surface area contributed by atoms with E-state index in [1.807, 2.05) is 0 Å². The van der Waals surface area contributed by atoms with E-state index in [-0.39, 0.29) is 31.3 Å². The van der Waals surface area contributed by atoms with Crippen LogP contribution in [0.1, 0.15) is 12.0 Å². The minimum atomic E-state index is -0.969. The summed E-state index contributed by atoms with van der Waals surface area (Å²) >= 11 is 0. The van der Waals surface area contributed by atoms with Crippen molar-refractivity contribution in [3.05, 3.63) is 35.6 Å². The maximum atomic E-state index is 13.5. The molecule has 0 radical (unpaired) electrons. The molecule has 0 aliphatic carbocycles. The number of carboxylic acids is 1. The Hall–Kier alpha value is -1.95. The summed E-state index contributed by atoms with van der Waals surface area (Å²) in [6.07, 6.45) is 0.466. The molecule has 1 heterocycles. The molecule has 1 aromatic carbocycles. The summed E-state index contributed by atoms with van der Waals surface area (Å²) in [4.78, 5) is 24.7. The first-order valence-electron chi connectivity index (χ1n) is 6.89. The Morgan fingerprint density at radius 3 is 2.86 bits per heavy atom. The van der Waals surface area contributed by atoms with E-state index in [4.69, 9.17) is 9.84 Å². The SMILES string of the molecule is O=C(O)C1COCCN(C(=O)CCc2ccccc2F)C1. The van der Waals surface area contributed by atoms with Gasteiger partial charge in [0.15, 0.2) is 0 Å². The van der Waals surface area contributed by atoms with E-state index in [0.29, 0.717) is 25.1 Å². The van der Waals surface area contributed by atoms with Gasteiger partial charge in [-0.05, 0) is 18.1 Å². The Morgan fingerprint density at radius 2 is 2.14 bits per heavy atom. The van der Waals surface area contributed by atoms with Crippen LogP contribution < -0.4 is 0 Å².